The summed E-state index contributed by atoms with van der Waals surface area (Å²) < 4.78 is 12.3. The van der Waals surface area contributed by atoms with E-state index in [-0.39, 0.29) is 22.6 Å². The Bertz CT molecular complexity index is 1740. The smallest absolute Gasteiger partial charge is 0.301 e. The summed E-state index contributed by atoms with van der Waals surface area (Å²) in [6, 6.07) is 19.2. The van der Waals surface area contributed by atoms with Gasteiger partial charge in [-0.05, 0) is 66.4 Å². The van der Waals surface area contributed by atoms with Gasteiger partial charge in [-0.15, -0.1) is 10.2 Å². The molecule has 1 fully saturated rings. The lowest BCUT2D eigenvalue weighted by Crippen LogP contribution is -2.29. The van der Waals surface area contributed by atoms with Crippen LogP contribution in [-0.2, 0) is 21.8 Å². The Morgan fingerprint density at radius 3 is 2.70 bits per heavy atom. The number of halogens is 1. The number of anilines is 1. The first kappa shape index (κ1) is 30.2. The molecule has 226 valence electrons. The quantitative estimate of drug-likeness (QED) is 0.0469. The van der Waals surface area contributed by atoms with Gasteiger partial charge in [0.05, 0.1) is 18.2 Å². The third-order valence-corrected chi connectivity index (χ3v) is 9.96. The first-order valence-electron chi connectivity index (χ1n) is 14.4. The molecule has 11 heteroatoms. The van der Waals surface area contributed by atoms with E-state index >= 15 is 0 Å². The number of thioether (sulfide) groups is 1. The van der Waals surface area contributed by atoms with Gasteiger partial charge >= 0.3 is 5.91 Å². The number of hydrogen-bond donors (Lipinski definition) is 1. The van der Waals surface area contributed by atoms with Gasteiger partial charge in [0.15, 0.2) is 4.34 Å². The standard InChI is InChI=1S/C33H30ClN3O5S2/c1-3-4-15-41-24-12-9-20(10-13-24)28-27(29(38)21-11-14-26-23(17-21)16-19(2)42-26)30(39)31(40)37(28)32-35-36-33(44-32)43-18-22-7-5-6-8-25(22)34/h5-14,17,19,28,38H,3-4,15-16,18H2,1-2H3/b29-27+. The molecule has 2 aliphatic rings. The summed E-state index contributed by atoms with van der Waals surface area (Å²) in [5.74, 6) is 0.176. The fourth-order valence-corrected chi connectivity index (χ4v) is 7.42. The molecule has 1 amide bonds. The Balaban J connectivity index is 1.37. The number of Topliss-reactive ketones (excluding diaryl/α,β-unsaturated/α-hetero) is 1. The van der Waals surface area contributed by atoms with Crippen LogP contribution in [0, 0.1) is 0 Å². The van der Waals surface area contributed by atoms with Crippen LogP contribution in [0.1, 0.15) is 55.0 Å². The summed E-state index contributed by atoms with van der Waals surface area (Å²) >= 11 is 8.97. The van der Waals surface area contributed by atoms with Crippen molar-refractivity contribution < 1.29 is 24.2 Å². The number of carbonyl (C=O) groups is 2. The molecule has 8 nitrogen and oxygen atoms in total. The summed E-state index contributed by atoms with van der Waals surface area (Å²) in [5, 5.41) is 21.1. The molecule has 44 heavy (non-hydrogen) atoms. The number of aliphatic hydroxyl groups is 1. The Morgan fingerprint density at radius 2 is 1.93 bits per heavy atom. The summed E-state index contributed by atoms with van der Waals surface area (Å²) in [6.45, 7) is 4.66. The highest BCUT2D eigenvalue weighted by molar-refractivity contribution is 8.00. The van der Waals surface area contributed by atoms with Gasteiger partial charge in [0.1, 0.15) is 23.4 Å². The highest BCUT2D eigenvalue weighted by atomic mass is 35.5. The highest BCUT2D eigenvalue weighted by Gasteiger charge is 2.48. The van der Waals surface area contributed by atoms with Gasteiger partial charge in [0, 0.05) is 22.8 Å². The molecule has 0 bridgehead atoms. The van der Waals surface area contributed by atoms with Crippen LogP contribution in [0.3, 0.4) is 0 Å². The lowest BCUT2D eigenvalue weighted by atomic mass is 9.94. The van der Waals surface area contributed by atoms with Crippen molar-refractivity contribution in [3.8, 4) is 11.5 Å². The summed E-state index contributed by atoms with van der Waals surface area (Å²) in [4.78, 5) is 28.6. The molecular formula is C33H30ClN3O5S2. The minimum atomic E-state index is -0.919. The molecule has 6 rings (SSSR count). The topological polar surface area (TPSA) is 102 Å². The van der Waals surface area contributed by atoms with E-state index in [2.05, 4.69) is 17.1 Å². The fourth-order valence-electron chi connectivity index (χ4n) is 5.26. The molecule has 2 atom stereocenters. The number of ether oxygens (including phenoxy) is 2. The second-order valence-electron chi connectivity index (χ2n) is 10.6. The largest absolute Gasteiger partial charge is 0.507 e. The van der Waals surface area contributed by atoms with Crippen molar-refractivity contribution in [1.29, 1.82) is 0 Å². The molecule has 0 spiro atoms. The number of hydrogen-bond acceptors (Lipinski definition) is 9. The number of aliphatic hydroxyl groups excluding tert-OH is 1. The Morgan fingerprint density at radius 1 is 1.14 bits per heavy atom. The molecule has 2 unspecified atom stereocenters. The van der Waals surface area contributed by atoms with Gasteiger partial charge < -0.3 is 14.6 Å². The summed E-state index contributed by atoms with van der Waals surface area (Å²) in [6.07, 6.45) is 2.66. The predicted octanol–water partition coefficient (Wildman–Crippen LogP) is 7.61. The zero-order chi connectivity index (χ0) is 30.8. The van der Waals surface area contributed by atoms with Crippen molar-refractivity contribution >= 4 is 57.3 Å². The lowest BCUT2D eigenvalue weighted by Gasteiger charge is -2.22. The number of benzene rings is 3. The van der Waals surface area contributed by atoms with E-state index in [1.54, 1.807) is 12.1 Å². The van der Waals surface area contributed by atoms with Gasteiger partial charge in [0.2, 0.25) is 5.13 Å². The second kappa shape index (κ2) is 13.0. The monoisotopic (exact) mass is 647 g/mol. The van der Waals surface area contributed by atoms with E-state index in [0.717, 1.165) is 29.7 Å². The number of aromatic nitrogens is 2. The van der Waals surface area contributed by atoms with Gasteiger partial charge in [-0.25, -0.2) is 0 Å². The first-order chi connectivity index (χ1) is 21.3. The third kappa shape index (κ3) is 6.06. The highest BCUT2D eigenvalue weighted by Crippen LogP contribution is 2.45. The predicted molar refractivity (Wildman–Crippen MR) is 173 cm³/mol. The van der Waals surface area contributed by atoms with Crippen molar-refractivity contribution in [1.82, 2.24) is 10.2 Å². The average Bonchev–Trinajstić information content (AvgIpc) is 3.71. The van der Waals surface area contributed by atoms with Crippen molar-refractivity contribution in [2.24, 2.45) is 0 Å². The molecule has 0 aliphatic carbocycles. The molecule has 1 aromatic heterocycles. The number of carbonyl (C=O) groups excluding carboxylic acids is 2. The Hall–Kier alpha value is -3.86. The first-order valence-corrected chi connectivity index (χ1v) is 16.6. The van der Waals surface area contributed by atoms with Crippen LogP contribution in [0.4, 0.5) is 5.13 Å². The second-order valence-corrected chi connectivity index (χ2v) is 13.2. The Labute approximate surface area is 268 Å². The van der Waals surface area contributed by atoms with Crippen LogP contribution in [0.15, 0.2) is 76.6 Å². The summed E-state index contributed by atoms with van der Waals surface area (Å²) in [7, 11) is 0. The SMILES string of the molecule is CCCCOc1ccc(C2/C(=C(\O)c3ccc4c(c3)CC(C)O4)C(=O)C(=O)N2c2nnc(SCc3ccccc3Cl)s2)cc1. The van der Waals surface area contributed by atoms with Gasteiger partial charge in [-0.1, -0.05) is 78.4 Å². The molecule has 2 aliphatic heterocycles. The van der Waals surface area contributed by atoms with E-state index < -0.39 is 17.7 Å². The molecule has 0 saturated carbocycles. The maximum Gasteiger partial charge on any atom is 0.301 e. The van der Waals surface area contributed by atoms with E-state index in [0.29, 0.717) is 45.0 Å². The minimum Gasteiger partial charge on any atom is -0.507 e. The van der Waals surface area contributed by atoms with Gasteiger partial charge in [-0.2, -0.15) is 0 Å². The van der Waals surface area contributed by atoms with Gasteiger partial charge in [-0.3, -0.25) is 14.5 Å². The van der Waals surface area contributed by atoms with E-state index in [9.17, 15) is 14.7 Å². The normalized spacial score (nSPS) is 18.8. The number of fused-ring (bicyclic) bond motifs is 1. The number of nitrogens with zero attached hydrogens (tertiary/aromatic N) is 3. The minimum absolute atomic E-state index is 0.0120. The molecule has 3 aromatic carbocycles. The summed E-state index contributed by atoms with van der Waals surface area (Å²) in [5.41, 5.74) is 2.95. The number of amides is 1. The number of unbranched alkanes of at least 4 members (excludes halogenated alkanes) is 1. The zero-order valence-corrected chi connectivity index (χ0v) is 26.5. The molecule has 1 N–H and O–H groups in total. The van der Waals surface area contributed by atoms with Crippen LogP contribution in [-0.4, -0.2) is 39.7 Å². The molecule has 3 heterocycles. The van der Waals surface area contributed by atoms with Crippen LogP contribution >= 0.6 is 34.7 Å². The maximum atomic E-state index is 13.6. The van der Waals surface area contributed by atoms with E-state index in [1.807, 2.05) is 61.5 Å². The van der Waals surface area contributed by atoms with E-state index in [4.69, 9.17) is 21.1 Å². The van der Waals surface area contributed by atoms with Gasteiger partial charge in [0.25, 0.3) is 5.78 Å². The zero-order valence-electron chi connectivity index (χ0n) is 24.2. The van der Waals surface area contributed by atoms with Crippen LogP contribution in [0.2, 0.25) is 5.02 Å². The molecule has 4 aromatic rings. The maximum absolute atomic E-state index is 13.6. The van der Waals surface area contributed by atoms with Crippen molar-refractivity contribution in [2.45, 2.75) is 55.3 Å². The molecule has 0 radical (unpaired) electrons. The number of ketones is 1. The van der Waals surface area contributed by atoms with Crippen molar-refractivity contribution in [3.05, 3.63) is 99.6 Å². The lowest BCUT2D eigenvalue weighted by molar-refractivity contribution is -0.132. The fraction of sp³-hybridized carbons (Fsp3) is 0.273. The third-order valence-electron chi connectivity index (χ3n) is 7.49. The van der Waals surface area contributed by atoms with E-state index in [1.165, 1.54) is 28.0 Å². The number of rotatable bonds is 10. The van der Waals surface area contributed by atoms with Crippen LogP contribution in [0.5, 0.6) is 11.5 Å². The van der Waals surface area contributed by atoms with Crippen molar-refractivity contribution in [3.63, 3.8) is 0 Å². The van der Waals surface area contributed by atoms with Crippen molar-refractivity contribution in [2.75, 3.05) is 11.5 Å². The van der Waals surface area contributed by atoms with Crippen LogP contribution in [0.25, 0.3) is 5.76 Å². The van der Waals surface area contributed by atoms with Crippen LogP contribution < -0.4 is 14.4 Å². The molecule has 1 saturated heterocycles. The Kier molecular flexibility index (Phi) is 8.93. The molecular weight excluding hydrogens is 618 g/mol. The average molecular weight is 648 g/mol.